The van der Waals surface area contributed by atoms with Gasteiger partial charge in [-0.05, 0) is 36.4 Å². The molecule has 0 radical (unpaired) electrons. The average molecular weight is 404 g/mol. The summed E-state index contributed by atoms with van der Waals surface area (Å²) in [5.41, 5.74) is 6.71. The van der Waals surface area contributed by atoms with Gasteiger partial charge in [0.25, 0.3) is 0 Å². The molecule has 1 aromatic carbocycles. The van der Waals surface area contributed by atoms with Gasteiger partial charge in [0.2, 0.25) is 0 Å². The van der Waals surface area contributed by atoms with Crippen molar-refractivity contribution in [3.63, 3.8) is 0 Å². The fourth-order valence-corrected chi connectivity index (χ4v) is 3.85. The monoisotopic (exact) mass is 404 g/mol. The van der Waals surface area contributed by atoms with Crippen LogP contribution in [0.3, 0.4) is 0 Å². The zero-order valence-corrected chi connectivity index (χ0v) is 16.9. The maximum atomic E-state index is 9.15. The van der Waals surface area contributed by atoms with Gasteiger partial charge in [0.05, 0.1) is 28.7 Å². The number of benzene rings is 1. The number of rotatable bonds is 4. The summed E-state index contributed by atoms with van der Waals surface area (Å²) >= 11 is 0. The minimum atomic E-state index is 0.642. The van der Waals surface area contributed by atoms with E-state index in [2.05, 4.69) is 27.0 Å². The van der Waals surface area contributed by atoms with Gasteiger partial charge in [0.15, 0.2) is 5.82 Å². The SMILES string of the molecule is N#Cc1cccc(-c2cccc(CN3CCc4nc(-c5cccnc5)ncc4C3)n2)c1. The Kier molecular flexibility index (Phi) is 5.17. The van der Waals surface area contributed by atoms with Crippen LogP contribution in [0.4, 0.5) is 0 Å². The van der Waals surface area contributed by atoms with E-state index < -0.39 is 0 Å². The van der Waals surface area contributed by atoms with Gasteiger partial charge >= 0.3 is 0 Å². The minimum absolute atomic E-state index is 0.642. The highest BCUT2D eigenvalue weighted by Crippen LogP contribution is 2.23. The lowest BCUT2D eigenvalue weighted by Crippen LogP contribution is -2.31. The van der Waals surface area contributed by atoms with Crippen LogP contribution in [0.25, 0.3) is 22.6 Å². The van der Waals surface area contributed by atoms with Crippen molar-refractivity contribution in [1.29, 1.82) is 5.26 Å². The average Bonchev–Trinajstić information content (AvgIpc) is 2.84. The Morgan fingerprint density at radius 3 is 2.74 bits per heavy atom. The minimum Gasteiger partial charge on any atom is -0.293 e. The van der Waals surface area contributed by atoms with Crippen molar-refractivity contribution in [2.75, 3.05) is 6.54 Å². The molecule has 150 valence electrons. The number of aromatic nitrogens is 4. The van der Waals surface area contributed by atoms with E-state index in [4.69, 9.17) is 15.2 Å². The van der Waals surface area contributed by atoms with Crippen molar-refractivity contribution in [1.82, 2.24) is 24.8 Å². The summed E-state index contributed by atoms with van der Waals surface area (Å²) in [5, 5.41) is 9.15. The van der Waals surface area contributed by atoms with Crippen LogP contribution in [-0.4, -0.2) is 31.4 Å². The number of hydrogen-bond acceptors (Lipinski definition) is 6. The van der Waals surface area contributed by atoms with Crippen molar-refractivity contribution in [3.8, 4) is 28.7 Å². The van der Waals surface area contributed by atoms with Gasteiger partial charge in [-0.2, -0.15) is 5.26 Å². The van der Waals surface area contributed by atoms with Crippen molar-refractivity contribution < 1.29 is 0 Å². The molecule has 0 fully saturated rings. The number of pyridine rings is 2. The Balaban J connectivity index is 1.32. The van der Waals surface area contributed by atoms with E-state index in [0.29, 0.717) is 5.56 Å². The van der Waals surface area contributed by atoms with Crippen molar-refractivity contribution in [2.24, 2.45) is 0 Å². The van der Waals surface area contributed by atoms with Gasteiger partial charge in [0, 0.05) is 61.3 Å². The number of nitriles is 1. The van der Waals surface area contributed by atoms with Crippen LogP contribution in [0.2, 0.25) is 0 Å². The zero-order valence-electron chi connectivity index (χ0n) is 16.9. The lowest BCUT2D eigenvalue weighted by Gasteiger charge is -2.27. The number of fused-ring (bicyclic) bond motifs is 1. The smallest absolute Gasteiger partial charge is 0.160 e. The molecular formula is C25H20N6. The lowest BCUT2D eigenvalue weighted by molar-refractivity contribution is 0.240. The molecule has 6 nitrogen and oxygen atoms in total. The second-order valence-corrected chi connectivity index (χ2v) is 7.57. The summed E-state index contributed by atoms with van der Waals surface area (Å²) in [4.78, 5) is 20.7. The molecule has 0 spiro atoms. The maximum Gasteiger partial charge on any atom is 0.160 e. The van der Waals surface area contributed by atoms with Crippen LogP contribution < -0.4 is 0 Å². The quantitative estimate of drug-likeness (QED) is 0.511. The van der Waals surface area contributed by atoms with Crippen LogP contribution >= 0.6 is 0 Å². The molecule has 1 aliphatic heterocycles. The highest BCUT2D eigenvalue weighted by atomic mass is 15.1. The van der Waals surface area contributed by atoms with E-state index in [-0.39, 0.29) is 0 Å². The molecule has 0 amide bonds. The second kappa shape index (κ2) is 8.42. The van der Waals surface area contributed by atoms with Gasteiger partial charge in [-0.25, -0.2) is 9.97 Å². The van der Waals surface area contributed by atoms with E-state index in [1.807, 2.05) is 48.7 Å². The first-order valence-corrected chi connectivity index (χ1v) is 10.2. The Morgan fingerprint density at radius 2 is 1.87 bits per heavy atom. The lowest BCUT2D eigenvalue weighted by atomic mass is 10.1. The van der Waals surface area contributed by atoms with Gasteiger partial charge in [-0.15, -0.1) is 0 Å². The van der Waals surface area contributed by atoms with Crippen LogP contribution in [0.5, 0.6) is 0 Å². The van der Waals surface area contributed by atoms with Gasteiger partial charge in [0.1, 0.15) is 0 Å². The van der Waals surface area contributed by atoms with E-state index in [1.165, 1.54) is 0 Å². The third kappa shape index (κ3) is 4.18. The van der Waals surface area contributed by atoms with Crippen LogP contribution in [0.15, 0.2) is 73.2 Å². The number of nitrogens with zero attached hydrogens (tertiary/aromatic N) is 6. The van der Waals surface area contributed by atoms with Crippen molar-refractivity contribution >= 4 is 0 Å². The van der Waals surface area contributed by atoms with Crippen LogP contribution in [0, 0.1) is 11.3 Å². The fraction of sp³-hybridized carbons (Fsp3) is 0.160. The van der Waals surface area contributed by atoms with E-state index in [9.17, 15) is 0 Å². The van der Waals surface area contributed by atoms with E-state index in [1.54, 1.807) is 18.5 Å². The summed E-state index contributed by atoms with van der Waals surface area (Å²) in [7, 11) is 0. The fourth-order valence-electron chi connectivity index (χ4n) is 3.85. The maximum absolute atomic E-state index is 9.15. The third-order valence-corrected chi connectivity index (χ3v) is 5.41. The molecular weight excluding hydrogens is 384 g/mol. The summed E-state index contributed by atoms with van der Waals surface area (Å²) in [6.45, 7) is 2.49. The normalized spacial score (nSPS) is 13.4. The molecule has 0 unspecified atom stereocenters. The molecule has 5 rings (SSSR count). The van der Waals surface area contributed by atoms with E-state index in [0.717, 1.165) is 65.7 Å². The predicted octanol–water partition coefficient (Wildman–Crippen LogP) is 4.03. The first kappa shape index (κ1) is 19.0. The van der Waals surface area contributed by atoms with Gasteiger partial charge < -0.3 is 0 Å². The largest absolute Gasteiger partial charge is 0.293 e. The molecule has 0 saturated carbocycles. The van der Waals surface area contributed by atoms with Crippen LogP contribution in [-0.2, 0) is 19.5 Å². The molecule has 0 N–H and O–H groups in total. The standard InChI is InChI=1S/C25H20N6/c26-13-18-4-1-5-19(12-18)23-8-2-7-22(29-23)17-31-11-9-24-21(16-31)15-28-25(30-24)20-6-3-10-27-14-20/h1-8,10,12,14-15H,9,11,16-17H2. The second-order valence-electron chi connectivity index (χ2n) is 7.57. The topological polar surface area (TPSA) is 78.6 Å². The Hall–Kier alpha value is -3.95. The molecule has 31 heavy (non-hydrogen) atoms. The molecule has 0 atom stereocenters. The summed E-state index contributed by atoms with van der Waals surface area (Å²) in [5.74, 6) is 0.731. The molecule has 0 saturated heterocycles. The summed E-state index contributed by atoms with van der Waals surface area (Å²) < 4.78 is 0. The Bertz CT molecular complexity index is 1260. The highest BCUT2D eigenvalue weighted by molar-refractivity contribution is 5.61. The van der Waals surface area contributed by atoms with Gasteiger partial charge in [-0.3, -0.25) is 14.9 Å². The third-order valence-electron chi connectivity index (χ3n) is 5.41. The summed E-state index contributed by atoms with van der Waals surface area (Å²) in [6.07, 6.45) is 6.37. The first-order chi connectivity index (χ1) is 15.3. The molecule has 6 heteroatoms. The van der Waals surface area contributed by atoms with Gasteiger partial charge in [-0.1, -0.05) is 18.2 Å². The molecule has 4 aromatic rings. The molecule has 1 aliphatic rings. The molecule has 4 heterocycles. The first-order valence-electron chi connectivity index (χ1n) is 10.2. The Morgan fingerprint density at radius 1 is 0.968 bits per heavy atom. The molecule has 0 aliphatic carbocycles. The zero-order chi connectivity index (χ0) is 21.0. The predicted molar refractivity (Wildman–Crippen MR) is 117 cm³/mol. The molecule has 3 aromatic heterocycles. The Labute approximate surface area is 180 Å². The van der Waals surface area contributed by atoms with E-state index >= 15 is 0 Å². The number of hydrogen-bond donors (Lipinski definition) is 0. The summed E-state index contributed by atoms with van der Waals surface area (Å²) in [6, 6.07) is 19.7. The molecule has 0 bridgehead atoms. The van der Waals surface area contributed by atoms with Crippen molar-refractivity contribution in [3.05, 3.63) is 95.7 Å². The highest BCUT2D eigenvalue weighted by Gasteiger charge is 2.19. The van der Waals surface area contributed by atoms with Crippen LogP contribution in [0.1, 0.15) is 22.5 Å². The van der Waals surface area contributed by atoms with Crippen molar-refractivity contribution in [2.45, 2.75) is 19.5 Å².